The summed E-state index contributed by atoms with van der Waals surface area (Å²) in [5, 5.41) is 12.9. The van der Waals surface area contributed by atoms with Gasteiger partial charge in [-0.05, 0) is 34.9 Å². The average molecular weight is 466 g/mol. The molecule has 0 aliphatic carbocycles. The molecule has 3 aromatic carbocycles. The lowest BCUT2D eigenvalue weighted by Gasteiger charge is -2.17. The first-order valence-corrected chi connectivity index (χ1v) is 11.3. The van der Waals surface area contributed by atoms with E-state index in [1.165, 1.54) is 0 Å². The lowest BCUT2D eigenvalue weighted by molar-refractivity contribution is 0.300. The van der Waals surface area contributed by atoms with Crippen molar-refractivity contribution in [3.8, 4) is 34.4 Å². The molecule has 0 aliphatic rings. The lowest BCUT2D eigenvalue weighted by atomic mass is 9.96. The highest BCUT2D eigenvalue weighted by Crippen LogP contribution is 2.35. The van der Waals surface area contributed by atoms with Crippen LogP contribution in [0.5, 0.6) is 17.2 Å². The molecule has 4 aromatic rings. The van der Waals surface area contributed by atoms with Gasteiger partial charge in [0.05, 0.1) is 37.1 Å². The van der Waals surface area contributed by atoms with Crippen LogP contribution in [0.15, 0.2) is 85.1 Å². The second kappa shape index (κ2) is 11.7. The molecule has 176 valence electrons. The third-order valence-electron chi connectivity index (χ3n) is 5.66. The third-order valence-corrected chi connectivity index (χ3v) is 5.66. The predicted octanol–water partition coefficient (Wildman–Crippen LogP) is 5.51. The van der Waals surface area contributed by atoms with Gasteiger partial charge in [-0.15, -0.1) is 0 Å². The molecule has 0 saturated heterocycles. The van der Waals surface area contributed by atoms with E-state index in [4.69, 9.17) is 14.2 Å². The van der Waals surface area contributed by atoms with Gasteiger partial charge in [-0.1, -0.05) is 48.5 Å². The van der Waals surface area contributed by atoms with Crippen molar-refractivity contribution < 1.29 is 14.2 Å². The molecule has 35 heavy (non-hydrogen) atoms. The van der Waals surface area contributed by atoms with Crippen LogP contribution in [0.2, 0.25) is 0 Å². The van der Waals surface area contributed by atoms with Crippen LogP contribution in [-0.2, 0) is 19.7 Å². The molecule has 6 heteroatoms. The molecule has 0 saturated carbocycles. The molecule has 0 aliphatic heterocycles. The van der Waals surface area contributed by atoms with Gasteiger partial charge in [0.15, 0.2) is 0 Å². The second-order valence-corrected chi connectivity index (χ2v) is 7.83. The van der Waals surface area contributed by atoms with Crippen molar-refractivity contribution in [3.05, 3.63) is 107 Å². The Bertz CT molecular complexity index is 1290. The first-order chi connectivity index (χ1) is 17.2. The summed E-state index contributed by atoms with van der Waals surface area (Å²) in [7, 11) is 3.27. The molecule has 0 unspecified atom stereocenters. The minimum atomic E-state index is 0.333. The number of pyridine rings is 1. The zero-order chi connectivity index (χ0) is 24.5. The van der Waals surface area contributed by atoms with E-state index in [1.54, 1.807) is 20.4 Å². The fraction of sp³-hybridized carbons (Fsp3) is 0.172. The quantitative estimate of drug-likeness (QED) is 0.333. The maximum atomic E-state index is 9.53. The molecule has 0 spiro atoms. The highest BCUT2D eigenvalue weighted by atomic mass is 16.5. The van der Waals surface area contributed by atoms with Crippen molar-refractivity contribution in [1.29, 1.82) is 5.26 Å². The topological polar surface area (TPSA) is 76.4 Å². The predicted molar refractivity (Wildman–Crippen MR) is 135 cm³/mol. The number of nitrogens with one attached hydrogen (secondary N) is 1. The van der Waals surface area contributed by atoms with E-state index >= 15 is 0 Å². The highest BCUT2D eigenvalue weighted by Gasteiger charge is 2.15. The van der Waals surface area contributed by atoms with Gasteiger partial charge in [-0.2, -0.15) is 5.26 Å². The molecule has 6 nitrogen and oxygen atoms in total. The normalized spacial score (nSPS) is 10.4. The molecular formula is C29H27N3O3. The zero-order valence-electron chi connectivity index (χ0n) is 19.8. The largest absolute Gasteiger partial charge is 0.496 e. The Kier molecular flexibility index (Phi) is 7.95. The summed E-state index contributed by atoms with van der Waals surface area (Å²) in [6.45, 7) is 1.52. The third kappa shape index (κ3) is 5.78. The van der Waals surface area contributed by atoms with Crippen LogP contribution in [0.25, 0.3) is 11.1 Å². The number of hydrogen-bond acceptors (Lipinski definition) is 6. The smallest absolute Gasteiger partial charge is 0.130 e. The number of aromatic nitrogens is 1. The Morgan fingerprint density at radius 1 is 0.829 bits per heavy atom. The van der Waals surface area contributed by atoms with Gasteiger partial charge < -0.3 is 19.5 Å². The summed E-state index contributed by atoms with van der Waals surface area (Å²) in [4.78, 5) is 4.34. The zero-order valence-corrected chi connectivity index (χ0v) is 19.8. The van der Waals surface area contributed by atoms with E-state index in [0.717, 1.165) is 27.9 Å². The van der Waals surface area contributed by atoms with Crippen molar-refractivity contribution in [3.63, 3.8) is 0 Å². The summed E-state index contributed by atoms with van der Waals surface area (Å²) < 4.78 is 17.5. The van der Waals surface area contributed by atoms with Crippen molar-refractivity contribution in [2.75, 3.05) is 14.2 Å². The van der Waals surface area contributed by atoms with E-state index in [-0.39, 0.29) is 0 Å². The summed E-state index contributed by atoms with van der Waals surface area (Å²) in [6.07, 6.45) is 1.78. The van der Waals surface area contributed by atoms with E-state index in [9.17, 15) is 5.26 Å². The molecule has 1 N–H and O–H groups in total. The van der Waals surface area contributed by atoms with Gasteiger partial charge in [0.2, 0.25) is 0 Å². The van der Waals surface area contributed by atoms with Crippen molar-refractivity contribution in [2.45, 2.75) is 19.7 Å². The number of rotatable bonds is 10. The Labute approximate surface area is 205 Å². The van der Waals surface area contributed by atoms with Crippen LogP contribution < -0.4 is 19.5 Å². The molecule has 0 bridgehead atoms. The highest BCUT2D eigenvalue weighted by molar-refractivity contribution is 5.73. The Morgan fingerprint density at radius 2 is 1.51 bits per heavy atom. The number of methoxy groups -OCH3 is 2. The fourth-order valence-electron chi connectivity index (χ4n) is 3.92. The van der Waals surface area contributed by atoms with Crippen molar-refractivity contribution in [1.82, 2.24) is 10.3 Å². The van der Waals surface area contributed by atoms with Crippen LogP contribution >= 0.6 is 0 Å². The maximum absolute atomic E-state index is 9.53. The van der Waals surface area contributed by atoms with Crippen molar-refractivity contribution >= 4 is 0 Å². The summed E-state index contributed by atoms with van der Waals surface area (Å²) in [6, 6.07) is 27.4. The molecule has 0 radical (unpaired) electrons. The fourth-order valence-corrected chi connectivity index (χ4v) is 3.92. The second-order valence-electron chi connectivity index (χ2n) is 7.83. The SMILES string of the molecule is COc1cc(OCc2ccccc2-c2ccccc2C#N)cc(OC)c1CNCc1ccccn1. The maximum Gasteiger partial charge on any atom is 0.130 e. The Morgan fingerprint density at radius 3 is 2.20 bits per heavy atom. The molecule has 1 heterocycles. The first kappa shape index (κ1) is 23.8. The van der Waals surface area contributed by atoms with Crippen LogP contribution in [0.1, 0.15) is 22.4 Å². The van der Waals surface area contributed by atoms with E-state index in [1.807, 2.05) is 78.9 Å². The van der Waals surface area contributed by atoms with Gasteiger partial charge >= 0.3 is 0 Å². The van der Waals surface area contributed by atoms with Gasteiger partial charge in [-0.25, -0.2) is 0 Å². The minimum Gasteiger partial charge on any atom is -0.496 e. The Balaban J connectivity index is 1.52. The molecule has 0 amide bonds. The molecule has 0 fully saturated rings. The van der Waals surface area contributed by atoms with E-state index in [0.29, 0.717) is 42.5 Å². The van der Waals surface area contributed by atoms with Crippen molar-refractivity contribution in [2.24, 2.45) is 0 Å². The van der Waals surface area contributed by atoms with Gasteiger partial charge in [0.25, 0.3) is 0 Å². The molecule has 0 atom stereocenters. The summed E-state index contributed by atoms with van der Waals surface area (Å²) in [5.41, 5.74) is 5.33. The lowest BCUT2D eigenvalue weighted by Crippen LogP contribution is -2.15. The van der Waals surface area contributed by atoms with E-state index in [2.05, 4.69) is 16.4 Å². The van der Waals surface area contributed by atoms with Crippen LogP contribution in [-0.4, -0.2) is 19.2 Å². The summed E-state index contributed by atoms with van der Waals surface area (Å²) in [5.74, 6) is 1.99. The molecule has 4 rings (SSSR count). The van der Waals surface area contributed by atoms with Crippen LogP contribution in [0.4, 0.5) is 0 Å². The summed E-state index contributed by atoms with van der Waals surface area (Å²) >= 11 is 0. The number of nitriles is 1. The van der Waals surface area contributed by atoms with Gasteiger partial charge in [-0.3, -0.25) is 4.98 Å². The molecular weight excluding hydrogens is 438 g/mol. The molecule has 1 aromatic heterocycles. The average Bonchev–Trinajstić information content (AvgIpc) is 2.92. The number of benzene rings is 3. The standard InChI is InChI=1S/C29H27N3O3/c1-33-28-15-24(16-29(34-2)27(28)19-31-18-23-11-7-8-14-32-23)35-20-22-10-4-6-13-26(22)25-12-5-3-9-21(25)17-30/h3-16,31H,18-20H2,1-2H3. The number of nitrogens with zero attached hydrogens (tertiary/aromatic N) is 2. The Hall–Kier alpha value is -4.34. The number of ether oxygens (including phenoxy) is 3. The monoisotopic (exact) mass is 465 g/mol. The van der Waals surface area contributed by atoms with Crippen LogP contribution in [0.3, 0.4) is 0 Å². The van der Waals surface area contributed by atoms with Gasteiger partial charge in [0.1, 0.15) is 23.9 Å². The number of hydrogen-bond donors (Lipinski definition) is 1. The van der Waals surface area contributed by atoms with Crippen LogP contribution in [0, 0.1) is 11.3 Å². The van der Waals surface area contributed by atoms with Gasteiger partial charge in [0, 0.05) is 31.4 Å². The minimum absolute atomic E-state index is 0.333. The van der Waals surface area contributed by atoms with E-state index < -0.39 is 0 Å². The first-order valence-electron chi connectivity index (χ1n) is 11.3.